The third-order valence-corrected chi connectivity index (χ3v) is 4.71. The van der Waals surface area contributed by atoms with E-state index in [1.165, 1.54) is 18.2 Å². The molecule has 1 aliphatic rings. The number of carbonyl (C=O) groups excluding carboxylic acids is 2. The van der Waals surface area contributed by atoms with Gasteiger partial charge in [-0.3, -0.25) is 14.7 Å². The van der Waals surface area contributed by atoms with Crippen LogP contribution in [-0.2, 0) is 11.3 Å². The zero-order valence-corrected chi connectivity index (χ0v) is 15.2. The van der Waals surface area contributed by atoms with Crippen LogP contribution in [0.3, 0.4) is 0 Å². The van der Waals surface area contributed by atoms with E-state index in [-0.39, 0.29) is 41.4 Å². The van der Waals surface area contributed by atoms with E-state index < -0.39 is 5.97 Å². The van der Waals surface area contributed by atoms with Gasteiger partial charge in [-0.15, -0.1) is 0 Å². The first-order valence-corrected chi connectivity index (χ1v) is 9.01. The average molecular weight is 388 g/mol. The number of halogens is 1. The predicted molar refractivity (Wildman–Crippen MR) is 97.0 cm³/mol. The Kier molecular flexibility index (Phi) is 6.03. The quantitative estimate of drug-likeness (QED) is 0.698. The van der Waals surface area contributed by atoms with Crippen LogP contribution in [0.15, 0.2) is 30.3 Å². The number of likely N-dealkylation sites (tertiary alicyclic amines) is 1. The van der Waals surface area contributed by atoms with Crippen LogP contribution in [0, 0.1) is 11.7 Å². The molecule has 28 heavy (non-hydrogen) atoms. The van der Waals surface area contributed by atoms with Crippen LogP contribution in [0.25, 0.3) is 0 Å². The van der Waals surface area contributed by atoms with Gasteiger partial charge in [0.25, 0.3) is 5.91 Å². The van der Waals surface area contributed by atoms with Crippen molar-refractivity contribution in [2.75, 3.05) is 13.1 Å². The maximum Gasteiger partial charge on any atom is 0.353 e. The molecule has 1 atom stereocenters. The zero-order chi connectivity index (χ0) is 20.1. The minimum atomic E-state index is -1.18. The number of piperidine rings is 1. The number of rotatable bonds is 6. The molecule has 0 saturated carbocycles. The number of nitrogens with zero attached hydrogens (tertiary/aromatic N) is 2. The summed E-state index contributed by atoms with van der Waals surface area (Å²) in [6.07, 6.45) is 1.87. The number of benzene rings is 1. The second kappa shape index (κ2) is 8.64. The number of aromatic nitrogens is 2. The summed E-state index contributed by atoms with van der Waals surface area (Å²) in [5, 5.41) is 17.8. The van der Waals surface area contributed by atoms with Crippen LogP contribution in [0.5, 0.6) is 0 Å². The third kappa shape index (κ3) is 4.93. The summed E-state index contributed by atoms with van der Waals surface area (Å²) in [5.41, 5.74) is 0.721. The van der Waals surface area contributed by atoms with Crippen LogP contribution in [0.2, 0.25) is 0 Å². The minimum absolute atomic E-state index is 0.0174. The molecule has 0 radical (unpaired) electrons. The molecule has 1 saturated heterocycles. The van der Waals surface area contributed by atoms with Crippen molar-refractivity contribution in [3.05, 3.63) is 53.1 Å². The summed E-state index contributed by atoms with van der Waals surface area (Å²) in [4.78, 5) is 37.2. The molecule has 1 aromatic carbocycles. The van der Waals surface area contributed by atoms with Crippen LogP contribution in [-0.4, -0.2) is 51.1 Å². The Morgan fingerprint density at radius 1 is 1.29 bits per heavy atom. The number of aromatic amines is 1. The lowest BCUT2D eigenvalue weighted by Gasteiger charge is -2.32. The fourth-order valence-corrected chi connectivity index (χ4v) is 3.26. The molecule has 1 fully saturated rings. The van der Waals surface area contributed by atoms with Crippen LogP contribution in [0.4, 0.5) is 4.39 Å². The molecule has 1 aliphatic heterocycles. The lowest BCUT2D eigenvalue weighted by Crippen LogP contribution is -2.41. The van der Waals surface area contributed by atoms with E-state index in [0.29, 0.717) is 19.6 Å². The van der Waals surface area contributed by atoms with E-state index in [2.05, 4.69) is 15.5 Å². The topological polar surface area (TPSA) is 115 Å². The molecule has 2 aromatic rings. The number of nitrogens with one attached hydrogen (secondary N) is 2. The number of aromatic carboxylic acids is 1. The van der Waals surface area contributed by atoms with E-state index in [1.807, 2.05) is 0 Å². The molecule has 2 amide bonds. The summed E-state index contributed by atoms with van der Waals surface area (Å²) in [6.45, 7) is 1.28. The molecule has 9 heteroatoms. The van der Waals surface area contributed by atoms with Crippen LogP contribution in [0.1, 0.15) is 45.8 Å². The lowest BCUT2D eigenvalue weighted by molar-refractivity contribution is -0.122. The lowest BCUT2D eigenvalue weighted by atomic mass is 9.94. The SMILES string of the molecule is O=C(CC1CCCN(C(=O)c2cc(C(=O)O)[nH]n2)C1)NCc1ccc(F)cc1. The molecule has 0 aliphatic carbocycles. The van der Waals surface area contributed by atoms with Gasteiger partial charge in [0.1, 0.15) is 11.5 Å². The fourth-order valence-electron chi connectivity index (χ4n) is 3.26. The molecule has 8 nitrogen and oxygen atoms in total. The van der Waals surface area contributed by atoms with Gasteiger partial charge in [0.2, 0.25) is 5.91 Å². The molecular weight excluding hydrogens is 367 g/mol. The largest absolute Gasteiger partial charge is 0.477 e. The van der Waals surface area contributed by atoms with Gasteiger partial charge in [-0.25, -0.2) is 9.18 Å². The van der Waals surface area contributed by atoms with Gasteiger partial charge in [0.05, 0.1) is 0 Å². The molecular formula is C19H21FN4O4. The highest BCUT2D eigenvalue weighted by Crippen LogP contribution is 2.21. The van der Waals surface area contributed by atoms with Crippen molar-refractivity contribution in [2.24, 2.45) is 5.92 Å². The highest BCUT2D eigenvalue weighted by Gasteiger charge is 2.27. The standard InChI is InChI=1S/C19H21FN4O4/c20-14-5-3-12(4-6-14)10-21-17(25)8-13-2-1-7-24(11-13)18(26)15-9-16(19(27)28)23-22-15/h3-6,9,13H,1-2,7-8,10-11H2,(H,21,25)(H,22,23)(H,27,28). The zero-order valence-electron chi connectivity index (χ0n) is 15.2. The van der Waals surface area contributed by atoms with E-state index in [1.54, 1.807) is 17.0 Å². The monoisotopic (exact) mass is 388 g/mol. The Morgan fingerprint density at radius 3 is 2.71 bits per heavy atom. The molecule has 1 unspecified atom stereocenters. The van der Waals surface area contributed by atoms with E-state index in [0.717, 1.165) is 18.4 Å². The summed E-state index contributed by atoms with van der Waals surface area (Å²) in [6, 6.07) is 7.13. The predicted octanol–water partition coefficient (Wildman–Crippen LogP) is 1.81. The van der Waals surface area contributed by atoms with Crippen molar-refractivity contribution in [3.8, 4) is 0 Å². The van der Waals surface area contributed by atoms with Crippen molar-refractivity contribution in [3.63, 3.8) is 0 Å². The Labute approximate surface area is 160 Å². The smallest absolute Gasteiger partial charge is 0.353 e. The average Bonchev–Trinajstić information content (AvgIpc) is 3.18. The van der Waals surface area contributed by atoms with Gasteiger partial charge in [0, 0.05) is 32.1 Å². The Bertz CT molecular complexity index is 865. The van der Waals surface area contributed by atoms with Gasteiger partial charge in [-0.2, -0.15) is 5.10 Å². The molecule has 1 aromatic heterocycles. The van der Waals surface area contributed by atoms with Crippen LogP contribution < -0.4 is 5.32 Å². The first kappa shape index (κ1) is 19.5. The summed E-state index contributed by atoms with van der Waals surface area (Å²) in [7, 11) is 0. The number of amides is 2. The first-order chi connectivity index (χ1) is 13.4. The summed E-state index contributed by atoms with van der Waals surface area (Å²) in [5.74, 6) is -1.96. The molecule has 2 heterocycles. The second-order valence-electron chi connectivity index (χ2n) is 6.84. The number of H-pyrrole nitrogens is 1. The van der Waals surface area contributed by atoms with Crippen molar-refractivity contribution >= 4 is 17.8 Å². The van der Waals surface area contributed by atoms with Crippen molar-refractivity contribution in [1.82, 2.24) is 20.4 Å². The maximum absolute atomic E-state index is 12.9. The highest BCUT2D eigenvalue weighted by atomic mass is 19.1. The summed E-state index contributed by atoms with van der Waals surface area (Å²) < 4.78 is 12.9. The Morgan fingerprint density at radius 2 is 2.04 bits per heavy atom. The highest BCUT2D eigenvalue weighted by molar-refractivity contribution is 5.95. The van der Waals surface area contributed by atoms with Crippen molar-refractivity contribution in [1.29, 1.82) is 0 Å². The fraction of sp³-hybridized carbons (Fsp3) is 0.368. The molecule has 3 rings (SSSR count). The molecule has 0 spiro atoms. The first-order valence-electron chi connectivity index (χ1n) is 9.01. The normalized spacial score (nSPS) is 16.6. The Hall–Kier alpha value is -3.23. The number of carboxylic acid groups (broad SMARTS) is 1. The number of carbonyl (C=O) groups is 3. The summed E-state index contributed by atoms with van der Waals surface area (Å²) >= 11 is 0. The number of carboxylic acids is 1. The van der Waals surface area contributed by atoms with Crippen LogP contribution >= 0.6 is 0 Å². The van der Waals surface area contributed by atoms with Gasteiger partial charge in [-0.05, 0) is 36.5 Å². The van der Waals surface area contributed by atoms with E-state index in [4.69, 9.17) is 5.11 Å². The third-order valence-electron chi connectivity index (χ3n) is 4.71. The number of hydrogen-bond donors (Lipinski definition) is 3. The van der Waals surface area contributed by atoms with Gasteiger partial charge in [-0.1, -0.05) is 12.1 Å². The number of hydrogen-bond acceptors (Lipinski definition) is 4. The second-order valence-corrected chi connectivity index (χ2v) is 6.84. The maximum atomic E-state index is 12.9. The van der Waals surface area contributed by atoms with Gasteiger partial charge >= 0.3 is 5.97 Å². The molecule has 3 N–H and O–H groups in total. The minimum Gasteiger partial charge on any atom is -0.477 e. The van der Waals surface area contributed by atoms with Gasteiger partial charge in [0.15, 0.2) is 5.69 Å². The van der Waals surface area contributed by atoms with E-state index in [9.17, 15) is 18.8 Å². The Balaban J connectivity index is 1.51. The van der Waals surface area contributed by atoms with Gasteiger partial charge < -0.3 is 15.3 Å². The molecule has 148 valence electrons. The van der Waals surface area contributed by atoms with Crippen molar-refractivity contribution in [2.45, 2.75) is 25.8 Å². The van der Waals surface area contributed by atoms with Crippen molar-refractivity contribution < 1.29 is 23.9 Å². The van der Waals surface area contributed by atoms with E-state index >= 15 is 0 Å². The molecule has 0 bridgehead atoms.